The molecule has 0 rings (SSSR count). The first-order chi connectivity index (χ1) is 6.46. The first-order valence-electron chi connectivity index (χ1n) is 4.66. The molecule has 5 nitrogen and oxygen atoms in total. The van der Waals surface area contributed by atoms with Gasteiger partial charge in [-0.2, -0.15) is 0 Å². The van der Waals surface area contributed by atoms with Gasteiger partial charge in [-0.25, -0.2) is 0 Å². The van der Waals surface area contributed by atoms with Crippen LogP contribution in [0.2, 0.25) is 0 Å². The van der Waals surface area contributed by atoms with Gasteiger partial charge in [-0.1, -0.05) is 6.92 Å². The van der Waals surface area contributed by atoms with Gasteiger partial charge in [0.15, 0.2) is 0 Å². The molecule has 0 bridgehead atoms. The summed E-state index contributed by atoms with van der Waals surface area (Å²) in [5.41, 5.74) is 4.89. The van der Waals surface area contributed by atoms with Gasteiger partial charge in [0.25, 0.3) is 0 Å². The molecule has 0 aromatic carbocycles. The van der Waals surface area contributed by atoms with E-state index in [1.165, 1.54) is 0 Å². The molecule has 0 aliphatic heterocycles. The Labute approximate surface area is 83.7 Å². The maximum absolute atomic E-state index is 11.5. The van der Waals surface area contributed by atoms with Gasteiger partial charge in [-0.05, 0) is 13.3 Å². The van der Waals surface area contributed by atoms with Crippen molar-refractivity contribution < 1.29 is 14.7 Å². The summed E-state index contributed by atoms with van der Waals surface area (Å²) >= 11 is 0. The second-order valence-electron chi connectivity index (χ2n) is 3.52. The van der Waals surface area contributed by atoms with Crippen molar-refractivity contribution in [3.8, 4) is 0 Å². The molecule has 0 aromatic heterocycles. The summed E-state index contributed by atoms with van der Waals surface area (Å²) in [4.78, 5) is 21.7. The van der Waals surface area contributed by atoms with Gasteiger partial charge in [0, 0.05) is 13.1 Å². The fourth-order valence-corrected chi connectivity index (χ4v) is 0.894. The van der Waals surface area contributed by atoms with E-state index in [1.54, 1.807) is 6.92 Å². The monoisotopic (exact) mass is 202 g/mol. The zero-order chi connectivity index (χ0) is 11.2. The summed E-state index contributed by atoms with van der Waals surface area (Å²) in [7, 11) is 0. The Morgan fingerprint density at radius 1 is 1.50 bits per heavy atom. The van der Waals surface area contributed by atoms with Crippen LogP contribution in [0.4, 0.5) is 0 Å². The zero-order valence-electron chi connectivity index (χ0n) is 8.67. The van der Waals surface area contributed by atoms with Gasteiger partial charge < -0.3 is 16.2 Å². The summed E-state index contributed by atoms with van der Waals surface area (Å²) in [5.74, 6) is -1.10. The molecule has 1 atom stereocenters. The highest BCUT2D eigenvalue weighted by molar-refractivity contribution is 5.82. The van der Waals surface area contributed by atoms with Crippen LogP contribution < -0.4 is 11.1 Å². The molecule has 1 amide bonds. The van der Waals surface area contributed by atoms with E-state index in [2.05, 4.69) is 5.32 Å². The fourth-order valence-electron chi connectivity index (χ4n) is 0.894. The first-order valence-corrected chi connectivity index (χ1v) is 4.66. The number of rotatable bonds is 6. The predicted octanol–water partition coefficient (Wildman–Crippen LogP) is -0.0477. The van der Waals surface area contributed by atoms with Gasteiger partial charge >= 0.3 is 5.97 Å². The number of carbonyl (C=O) groups is 2. The third-order valence-corrected chi connectivity index (χ3v) is 2.40. The quantitative estimate of drug-likeness (QED) is 0.563. The number of nitrogens with two attached hydrogens (primary N) is 1. The normalized spacial score (nSPS) is 14.5. The minimum absolute atomic E-state index is 0.0594. The Hall–Kier alpha value is -1.10. The molecule has 0 aliphatic carbocycles. The predicted molar refractivity (Wildman–Crippen MR) is 52.7 cm³/mol. The molecule has 0 heterocycles. The lowest BCUT2D eigenvalue weighted by Gasteiger charge is -2.24. The summed E-state index contributed by atoms with van der Waals surface area (Å²) in [5, 5.41) is 10.9. The highest BCUT2D eigenvalue weighted by Crippen LogP contribution is 2.18. The number of aliphatic carboxylic acids is 1. The SMILES string of the molecule is CCC(C)(CN)C(=O)NCCC(=O)O. The Balaban J connectivity index is 4.00. The highest BCUT2D eigenvalue weighted by Gasteiger charge is 2.29. The number of nitrogens with one attached hydrogen (secondary N) is 1. The van der Waals surface area contributed by atoms with Crippen LogP contribution in [-0.2, 0) is 9.59 Å². The molecule has 4 N–H and O–H groups in total. The topological polar surface area (TPSA) is 92.4 Å². The highest BCUT2D eigenvalue weighted by atomic mass is 16.4. The fraction of sp³-hybridized carbons (Fsp3) is 0.778. The molecule has 0 saturated carbocycles. The maximum Gasteiger partial charge on any atom is 0.305 e. The number of amides is 1. The third-order valence-electron chi connectivity index (χ3n) is 2.40. The molecular formula is C9H18N2O3. The molecule has 0 aliphatic rings. The smallest absolute Gasteiger partial charge is 0.305 e. The van der Waals surface area contributed by atoms with Gasteiger partial charge in [-0.3, -0.25) is 9.59 Å². The Bertz CT molecular complexity index is 212. The minimum atomic E-state index is -0.920. The average molecular weight is 202 g/mol. The van der Waals surface area contributed by atoms with Crippen molar-refractivity contribution in [2.45, 2.75) is 26.7 Å². The Morgan fingerprint density at radius 3 is 2.43 bits per heavy atom. The summed E-state index contributed by atoms with van der Waals surface area (Å²) < 4.78 is 0. The molecule has 0 spiro atoms. The zero-order valence-corrected chi connectivity index (χ0v) is 8.67. The van der Waals surface area contributed by atoms with Crippen LogP contribution in [0.15, 0.2) is 0 Å². The van der Waals surface area contributed by atoms with Crippen LogP contribution in [0.25, 0.3) is 0 Å². The summed E-state index contributed by atoms with van der Waals surface area (Å²) in [6.45, 7) is 4.07. The Kier molecular flexibility index (Phi) is 5.15. The van der Waals surface area contributed by atoms with Gasteiger partial charge in [0.2, 0.25) is 5.91 Å². The standard InChI is InChI=1S/C9H18N2O3/c1-3-9(2,6-10)8(14)11-5-4-7(12)13/h3-6,10H2,1-2H3,(H,11,14)(H,12,13). The number of hydrogen-bond acceptors (Lipinski definition) is 3. The second kappa shape index (κ2) is 5.59. The van der Waals surface area contributed by atoms with E-state index >= 15 is 0 Å². The lowest BCUT2D eigenvalue weighted by molar-refractivity contribution is -0.137. The van der Waals surface area contributed by atoms with Crippen molar-refractivity contribution in [3.63, 3.8) is 0 Å². The molecule has 0 radical (unpaired) electrons. The van der Waals surface area contributed by atoms with E-state index < -0.39 is 11.4 Å². The van der Waals surface area contributed by atoms with Crippen molar-refractivity contribution in [2.24, 2.45) is 11.1 Å². The largest absolute Gasteiger partial charge is 0.481 e. The van der Waals surface area contributed by atoms with Crippen LogP contribution in [0.3, 0.4) is 0 Å². The average Bonchev–Trinajstić information content (AvgIpc) is 2.15. The van der Waals surface area contributed by atoms with E-state index in [0.29, 0.717) is 6.42 Å². The molecular weight excluding hydrogens is 184 g/mol. The van der Waals surface area contributed by atoms with Gasteiger partial charge in [0.05, 0.1) is 11.8 Å². The maximum atomic E-state index is 11.5. The van der Waals surface area contributed by atoms with Crippen LogP contribution in [0, 0.1) is 5.41 Å². The third kappa shape index (κ3) is 3.74. The molecule has 82 valence electrons. The molecule has 1 unspecified atom stereocenters. The molecule has 5 heteroatoms. The van der Waals surface area contributed by atoms with Crippen molar-refractivity contribution in [2.75, 3.05) is 13.1 Å². The van der Waals surface area contributed by atoms with Crippen LogP contribution in [0.5, 0.6) is 0 Å². The summed E-state index contributed by atoms with van der Waals surface area (Å²) in [6, 6.07) is 0. The van der Waals surface area contributed by atoms with E-state index in [-0.39, 0.29) is 25.4 Å². The Morgan fingerprint density at radius 2 is 2.07 bits per heavy atom. The number of carboxylic acid groups (broad SMARTS) is 1. The second-order valence-corrected chi connectivity index (χ2v) is 3.52. The van der Waals surface area contributed by atoms with Gasteiger partial charge in [-0.15, -0.1) is 0 Å². The number of hydrogen-bond donors (Lipinski definition) is 3. The van der Waals surface area contributed by atoms with E-state index in [4.69, 9.17) is 10.8 Å². The number of carboxylic acids is 1. The van der Waals surface area contributed by atoms with Crippen molar-refractivity contribution in [1.82, 2.24) is 5.32 Å². The lowest BCUT2D eigenvalue weighted by Crippen LogP contribution is -2.44. The molecule has 0 fully saturated rings. The van der Waals surface area contributed by atoms with Crippen LogP contribution in [0.1, 0.15) is 26.7 Å². The lowest BCUT2D eigenvalue weighted by atomic mass is 9.87. The first kappa shape index (κ1) is 12.9. The van der Waals surface area contributed by atoms with E-state index in [1.807, 2.05) is 6.92 Å². The summed E-state index contributed by atoms with van der Waals surface area (Å²) in [6.07, 6.45) is 0.582. The molecule has 14 heavy (non-hydrogen) atoms. The molecule has 0 saturated heterocycles. The van der Waals surface area contributed by atoms with Crippen molar-refractivity contribution in [1.29, 1.82) is 0 Å². The van der Waals surface area contributed by atoms with Crippen molar-refractivity contribution in [3.05, 3.63) is 0 Å². The molecule has 0 aromatic rings. The van der Waals surface area contributed by atoms with Crippen molar-refractivity contribution >= 4 is 11.9 Å². The minimum Gasteiger partial charge on any atom is -0.481 e. The number of carbonyl (C=O) groups excluding carboxylic acids is 1. The van der Waals surface area contributed by atoms with Gasteiger partial charge in [0.1, 0.15) is 0 Å². The van der Waals surface area contributed by atoms with Crippen LogP contribution >= 0.6 is 0 Å². The van der Waals surface area contributed by atoms with Crippen LogP contribution in [-0.4, -0.2) is 30.1 Å². The van der Waals surface area contributed by atoms with E-state index in [9.17, 15) is 9.59 Å². The van der Waals surface area contributed by atoms with E-state index in [0.717, 1.165) is 0 Å².